The van der Waals surface area contributed by atoms with Gasteiger partial charge in [0.25, 0.3) is 0 Å². The molecule has 1 aliphatic rings. The number of likely N-dealkylation sites (tertiary alicyclic amines) is 1. The van der Waals surface area contributed by atoms with Gasteiger partial charge in [-0.05, 0) is 6.92 Å². The van der Waals surface area contributed by atoms with Gasteiger partial charge >= 0.3 is 0 Å². The topological polar surface area (TPSA) is 102 Å². The number of aromatic nitrogens is 3. The zero-order chi connectivity index (χ0) is 14.9. The SMILES string of the molecule is Cc1nc(CN2C[C@@H](CS(=O)(=O)N(C)C)[C@H](O)C2)n[nH]1. The van der Waals surface area contributed by atoms with E-state index < -0.39 is 16.1 Å². The minimum Gasteiger partial charge on any atom is -0.391 e. The molecule has 0 radical (unpaired) electrons. The molecule has 1 saturated heterocycles. The smallest absolute Gasteiger partial charge is 0.214 e. The van der Waals surface area contributed by atoms with E-state index in [0.29, 0.717) is 25.5 Å². The van der Waals surface area contributed by atoms with E-state index in [2.05, 4.69) is 15.2 Å². The Balaban J connectivity index is 1.95. The predicted molar refractivity (Wildman–Crippen MR) is 73.4 cm³/mol. The molecule has 8 nitrogen and oxygen atoms in total. The van der Waals surface area contributed by atoms with Gasteiger partial charge < -0.3 is 5.11 Å². The molecular formula is C11H21N5O3S. The standard InChI is InChI=1S/C11H21N5O3S/c1-8-12-11(14-13-8)6-16-4-9(10(17)5-16)7-20(18,19)15(2)3/h9-10,17H,4-7H2,1-3H3,(H,12,13,14)/t9-,10+/m0/s1. The molecule has 114 valence electrons. The molecule has 1 fully saturated rings. The maximum absolute atomic E-state index is 11.9. The summed E-state index contributed by atoms with van der Waals surface area (Å²) in [6.45, 7) is 3.31. The molecule has 20 heavy (non-hydrogen) atoms. The maximum Gasteiger partial charge on any atom is 0.214 e. The molecule has 2 N–H and O–H groups in total. The first-order valence-electron chi connectivity index (χ1n) is 6.46. The minimum absolute atomic E-state index is 0.0370. The second kappa shape index (κ2) is 5.76. The quantitative estimate of drug-likeness (QED) is 0.708. The van der Waals surface area contributed by atoms with Crippen LogP contribution in [0.15, 0.2) is 0 Å². The Kier molecular flexibility index (Phi) is 4.43. The Hall–Kier alpha value is -1.03. The number of nitrogens with zero attached hydrogens (tertiary/aromatic N) is 4. The largest absolute Gasteiger partial charge is 0.391 e. The van der Waals surface area contributed by atoms with E-state index in [0.717, 1.165) is 5.82 Å². The van der Waals surface area contributed by atoms with Gasteiger partial charge in [0.2, 0.25) is 10.0 Å². The number of hydrogen-bond donors (Lipinski definition) is 2. The summed E-state index contributed by atoms with van der Waals surface area (Å²) in [7, 11) is -0.288. The zero-order valence-electron chi connectivity index (χ0n) is 11.9. The highest BCUT2D eigenvalue weighted by molar-refractivity contribution is 7.89. The highest BCUT2D eigenvalue weighted by Gasteiger charge is 2.35. The summed E-state index contributed by atoms with van der Waals surface area (Å²) < 4.78 is 24.9. The van der Waals surface area contributed by atoms with Gasteiger partial charge in [0, 0.05) is 33.1 Å². The molecule has 1 aromatic rings. The van der Waals surface area contributed by atoms with Gasteiger partial charge in [0.1, 0.15) is 5.82 Å². The Morgan fingerprint density at radius 1 is 1.45 bits per heavy atom. The van der Waals surface area contributed by atoms with Crippen LogP contribution in [0.3, 0.4) is 0 Å². The number of aliphatic hydroxyl groups is 1. The van der Waals surface area contributed by atoms with E-state index in [1.165, 1.54) is 18.4 Å². The van der Waals surface area contributed by atoms with E-state index >= 15 is 0 Å². The highest BCUT2D eigenvalue weighted by atomic mass is 32.2. The number of sulfonamides is 1. The van der Waals surface area contributed by atoms with Crippen molar-refractivity contribution in [3.8, 4) is 0 Å². The van der Waals surface area contributed by atoms with E-state index in [1.54, 1.807) is 0 Å². The maximum atomic E-state index is 11.9. The molecule has 0 bridgehead atoms. The van der Waals surface area contributed by atoms with E-state index in [1.807, 2.05) is 11.8 Å². The molecule has 0 saturated carbocycles. The predicted octanol–water partition coefficient (Wildman–Crippen LogP) is -1.20. The van der Waals surface area contributed by atoms with Crippen LogP contribution in [0.5, 0.6) is 0 Å². The number of rotatable bonds is 5. The number of hydrogen-bond acceptors (Lipinski definition) is 6. The molecule has 0 aromatic carbocycles. The van der Waals surface area contributed by atoms with Gasteiger partial charge in [-0.25, -0.2) is 17.7 Å². The van der Waals surface area contributed by atoms with Crippen molar-refractivity contribution in [2.45, 2.75) is 19.6 Å². The number of H-pyrrole nitrogens is 1. The lowest BCUT2D eigenvalue weighted by molar-refractivity contribution is 0.147. The average Bonchev–Trinajstić information content (AvgIpc) is 2.86. The van der Waals surface area contributed by atoms with Gasteiger partial charge in [-0.3, -0.25) is 10.00 Å². The fourth-order valence-corrected chi connectivity index (χ4v) is 3.48. The van der Waals surface area contributed by atoms with Crippen LogP contribution in [0.2, 0.25) is 0 Å². The van der Waals surface area contributed by atoms with Crippen LogP contribution in [0.25, 0.3) is 0 Å². The molecular weight excluding hydrogens is 282 g/mol. The van der Waals surface area contributed by atoms with Gasteiger partial charge in [-0.1, -0.05) is 0 Å². The number of β-amino-alcohol motifs (C(OH)–C–C–N with tert-alkyl or cyclic N) is 1. The van der Waals surface area contributed by atoms with Gasteiger partial charge in [0.05, 0.1) is 18.4 Å². The summed E-state index contributed by atoms with van der Waals surface area (Å²) in [5, 5.41) is 16.8. The fraction of sp³-hybridized carbons (Fsp3) is 0.818. The van der Waals surface area contributed by atoms with Crippen molar-refractivity contribution in [1.29, 1.82) is 0 Å². The summed E-state index contributed by atoms with van der Waals surface area (Å²) in [4.78, 5) is 6.19. The third-order valence-corrected chi connectivity index (χ3v) is 5.43. The third-order valence-electron chi connectivity index (χ3n) is 3.47. The molecule has 2 rings (SSSR count). The van der Waals surface area contributed by atoms with E-state index in [9.17, 15) is 13.5 Å². The summed E-state index contributed by atoms with van der Waals surface area (Å²) in [6.07, 6.45) is -0.634. The fourth-order valence-electron chi connectivity index (χ4n) is 2.31. The summed E-state index contributed by atoms with van der Waals surface area (Å²) in [5.41, 5.74) is 0. The lowest BCUT2D eigenvalue weighted by Gasteiger charge is -2.17. The lowest BCUT2D eigenvalue weighted by atomic mass is 10.1. The number of aryl methyl sites for hydroxylation is 1. The molecule has 0 amide bonds. The van der Waals surface area contributed by atoms with Crippen LogP contribution >= 0.6 is 0 Å². The number of aliphatic hydroxyl groups excluding tert-OH is 1. The lowest BCUT2D eigenvalue weighted by Crippen LogP contribution is -2.33. The minimum atomic E-state index is -3.30. The van der Waals surface area contributed by atoms with E-state index in [-0.39, 0.29) is 11.7 Å². The van der Waals surface area contributed by atoms with Crippen LogP contribution < -0.4 is 0 Å². The van der Waals surface area contributed by atoms with E-state index in [4.69, 9.17) is 0 Å². The van der Waals surface area contributed by atoms with Crippen molar-refractivity contribution < 1.29 is 13.5 Å². The molecule has 0 aliphatic carbocycles. The first-order chi connectivity index (χ1) is 9.28. The first kappa shape index (κ1) is 15.4. The molecule has 0 spiro atoms. The molecule has 2 heterocycles. The second-order valence-electron chi connectivity index (χ2n) is 5.42. The first-order valence-corrected chi connectivity index (χ1v) is 8.07. The Labute approximate surface area is 118 Å². The van der Waals surface area contributed by atoms with Gasteiger partial charge in [-0.2, -0.15) is 5.10 Å². The van der Waals surface area contributed by atoms with Crippen LogP contribution in [-0.2, 0) is 16.6 Å². The highest BCUT2D eigenvalue weighted by Crippen LogP contribution is 2.20. The number of nitrogens with one attached hydrogen (secondary N) is 1. The van der Waals surface area contributed by atoms with Crippen molar-refractivity contribution in [3.05, 3.63) is 11.6 Å². The van der Waals surface area contributed by atoms with Crippen molar-refractivity contribution in [2.24, 2.45) is 5.92 Å². The van der Waals surface area contributed by atoms with Crippen molar-refractivity contribution in [3.63, 3.8) is 0 Å². The molecule has 9 heteroatoms. The molecule has 1 aliphatic heterocycles. The molecule has 0 unspecified atom stereocenters. The summed E-state index contributed by atoms with van der Waals surface area (Å²) in [6, 6.07) is 0. The Morgan fingerprint density at radius 3 is 2.70 bits per heavy atom. The van der Waals surface area contributed by atoms with Crippen molar-refractivity contribution in [2.75, 3.05) is 32.9 Å². The number of aromatic amines is 1. The van der Waals surface area contributed by atoms with Gasteiger partial charge in [-0.15, -0.1) is 0 Å². The van der Waals surface area contributed by atoms with Crippen molar-refractivity contribution in [1.82, 2.24) is 24.4 Å². The summed E-state index contributed by atoms with van der Waals surface area (Å²) >= 11 is 0. The van der Waals surface area contributed by atoms with Crippen molar-refractivity contribution >= 4 is 10.0 Å². The monoisotopic (exact) mass is 303 g/mol. The van der Waals surface area contributed by atoms with Crippen LogP contribution in [0.4, 0.5) is 0 Å². The molecule has 1 aromatic heterocycles. The Bertz CT molecular complexity index is 556. The average molecular weight is 303 g/mol. The summed E-state index contributed by atoms with van der Waals surface area (Å²) in [5.74, 6) is 1.09. The zero-order valence-corrected chi connectivity index (χ0v) is 12.8. The van der Waals surface area contributed by atoms with Crippen LogP contribution in [-0.4, -0.2) is 77.0 Å². The Morgan fingerprint density at radius 2 is 2.15 bits per heavy atom. The van der Waals surface area contributed by atoms with Crippen LogP contribution in [0, 0.1) is 12.8 Å². The third kappa shape index (κ3) is 3.54. The molecule has 2 atom stereocenters. The normalized spacial score (nSPS) is 24.6. The van der Waals surface area contributed by atoms with Crippen LogP contribution in [0.1, 0.15) is 11.6 Å². The second-order valence-corrected chi connectivity index (χ2v) is 7.65. The van der Waals surface area contributed by atoms with Gasteiger partial charge in [0.15, 0.2) is 5.82 Å².